The number of carbonyl (C=O) groups excluding carboxylic acids is 1. The molecule has 0 fully saturated rings. The number of benzene rings is 1. The third-order valence-electron chi connectivity index (χ3n) is 1.61. The quantitative estimate of drug-likeness (QED) is 0.756. The standard InChI is InChI=1S/C10H13NO2/c1-8-3-2-4-9(7-8)13-6-5-10(11)12/h2-4,7H,5-6H2,1H3,(H2,11,12). The zero-order valence-corrected chi connectivity index (χ0v) is 7.62. The highest BCUT2D eigenvalue weighted by molar-refractivity contribution is 5.73. The van der Waals surface area contributed by atoms with Gasteiger partial charge in [-0.05, 0) is 24.6 Å². The van der Waals surface area contributed by atoms with Crippen LogP contribution in [0.25, 0.3) is 0 Å². The minimum absolute atomic E-state index is 0.258. The minimum Gasteiger partial charge on any atom is -0.493 e. The molecular weight excluding hydrogens is 166 g/mol. The topological polar surface area (TPSA) is 52.3 Å². The maximum Gasteiger partial charge on any atom is 0.220 e. The van der Waals surface area contributed by atoms with Crippen LogP contribution in [0.2, 0.25) is 0 Å². The number of hydrogen-bond donors (Lipinski definition) is 1. The number of amides is 1. The van der Waals surface area contributed by atoms with E-state index < -0.39 is 0 Å². The molecule has 0 unspecified atom stereocenters. The van der Waals surface area contributed by atoms with Crippen molar-refractivity contribution >= 4 is 5.91 Å². The Labute approximate surface area is 77.5 Å². The maximum absolute atomic E-state index is 10.4. The lowest BCUT2D eigenvalue weighted by Gasteiger charge is -2.04. The van der Waals surface area contributed by atoms with E-state index in [0.29, 0.717) is 6.61 Å². The normalized spacial score (nSPS) is 9.62. The first-order valence-electron chi connectivity index (χ1n) is 4.16. The van der Waals surface area contributed by atoms with E-state index in [0.717, 1.165) is 11.3 Å². The summed E-state index contributed by atoms with van der Waals surface area (Å²) in [6, 6.07) is 7.67. The van der Waals surface area contributed by atoms with Gasteiger partial charge in [0, 0.05) is 0 Å². The molecule has 0 aliphatic heterocycles. The Kier molecular flexibility index (Phi) is 3.31. The predicted molar refractivity (Wildman–Crippen MR) is 50.5 cm³/mol. The van der Waals surface area contributed by atoms with Gasteiger partial charge in [-0.3, -0.25) is 4.79 Å². The zero-order valence-electron chi connectivity index (χ0n) is 7.62. The summed E-state index contributed by atoms with van der Waals surface area (Å²) in [6.45, 7) is 2.33. The SMILES string of the molecule is Cc1cccc(OCCC(N)=O)c1. The molecule has 0 spiro atoms. The number of rotatable bonds is 4. The first-order valence-corrected chi connectivity index (χ1v) is 4.16. The smallest absolute Gasteiger partial charge is 0.220 e. The van der Waals surface area contributed by atoms with E-state index in [2.05, 4.69) is 0 Å². The Hall–Kier alpha value is -1.51. The van der Waals surface area contributed by atoms with Gasteiger partial charge in [0.15, 0.2) is 0 Å². The highest BCUT2D eigenvalue weighted by atomic mass is 16.5. The summed E-state index contributed by atoms with van der Waals surface area (Å²) in [7, 11) is 0. The molecule has 70 valence electrons. The number of carbonyl (C=O) groups is 1. The van der Waals surface area contributed by atoms with E-state index in [1.807, 2.05) is 31.2 Å². The molecule has 0 bridgehead atoms. The van der Waals surface area contributed by atoms with Crippen LogP contribution in [0.1, 0.15) is 12.0 Å². The van der Waals surface area contributed by atoms with E-state index in [4.69, 9.17) is 10.5 Å². The van der Waals surface area contributed by atoms with Crippen molar-refractivity contribution in [2.75, 3.05) is 6.61 Å². The lowest BCUT2D eigenvalue weighted by atomic mass is 10.2. The summed E-state index contributed by atoms with van der Waals surface area (Å²) in [5.74, 6) is 0.439. The fraction of sp³-hybridized carbons (Fsp3) is 0.300. The predicted octanol–water partition coefficient (Wildman–Crippen LogP) is 1.25. The number of nitrogens with two attached hydrogens (primary N) is 1. The van der Waals surface area contributed by atoms with Crippen molar-refractivity contribution in [2.24, 2.45) is 5.73 Å². The van der Waals surface area contributed by atoms with Gasteiger partial charge in [-0.25, -0.2) is 0 Å². The molecule has 1 aromatic carbocycles. The third kappa shape index (κ3) is 3.60. The van der Waals surface area contributed by atoms with Crippen molar-refractivity contribution in [1.29, 1.82) is 0 Å². The van der Waals surface area contributed by atoms with Gasteiger partial charge in [-0.1, -0.05) is 12.1 Å². The highest BCUT2D eigenvalue weighted by Crippen LogP contribution is 2.12. The van der Waals surface area contributed by atoms with Gasteiger partial charge in [-0.15, -0.1) is 0 Å². The fourth-order valence-electron chi connectivity index (χ4n) is 0.975. The van der Waals surface area contributed by atoms with Gasteiger partial charge in [-0.2, -0.15) is 0 Å². The Morgan fingerprint density at radius 1 is 1.54 bits per heavy atom. The lowest BCUT2D eigenvalue weighted by molar-refractivity contribution is -0.118. The molecule has 0 saturated carbocycles. The molecule has 3 heteroatoms. The number of primary amides is 1. The summed E-state index contributed by atoms with van der Waals surface area (Å²) in [4.78, 5) is 10.4. The molecule has 2 N–H and O–H groups in total. The molecule has 1 amide bonds. The van der Waals surface area contributed by atoms with Crippen molar-refractivity contribution in [3.63, 3.8) is 0 Å². The second kappa shape index (κ2) is 4.50. The van der Waals surface area contributed by atoms with Crippen LogP contribution in [-0.2, 0) is 4.79 Å². The molecule has 0 radical (unpaired) electrons. The Balaban J connectivity index is 2.41. The Morgan fingerprint density at radius 3 is 2.92 bits per heavy atom. The van der Waals surface area contributed by atoms with Crippen LogP contribution >= 0.6 is 0 Å². The van der Waals surface area contributed by atoms with E-state index in [1.54, 1.807) is 0 Å². The number of aryl methyl sites for hydroxylation is 1. The average Bonchev–Trinajstić information content (AvgIpc) is 2.03. The second-order valence-corrected chi connectivity index (χ2v) is 2.88. The maximum atomic E-state index is 10.4. The van der Waals surface area contributed by atoms with Crippen LogP contribution in [0, 0.1) is 6.92 Å². The van der Waals surface area contributed by atoms with Crippen molar-refractivity contribution in [3.05, 3.63) is 29.8 Å². The van der Waals surface area contributed by atoms with Gasteiger partial charge < -0.3 is 10.5 Å². The van der Waals surface area contributed by atoms with Gasteiger partial charge in [0.2, 0.25) is 5.91 Å². The van der Waals surface area contributed by atoms with Gasteiger partial charge in [0.05, 0.1) is 13.0 Å². The van der Waals surface area contributed by atoms with E-state index >= 15 is 0 Å². The molecule has 3 nitrogen and oxygen atoms in total. The van der Waals surface area contributed by atoms with Crippen molar-refractivity contribution in [1.82, 2.24) is 0 Å². The van der Waals surface area contributed by atoms with Crippen LogP contribution in [0.15, 0.2) is 24.3 Å². The molecule has 1 rings (SSSR count). The first-order chi connectivity index (χ1) is 6.18. The Morgan fingerprint density at radius 2 is 2.31 bits per heavy atom. The minimum atomic E-state index is -0.340. The largest absolute Gasteiger partial charge is 0.493 e. The summed E-state index contributed by atoms with van der Waals surface area (Å²) >= 11 is 0. The number of hydrogen-bond acceptors (Lipinski definition) is 2. The molecular formula is C10H13NO2. The molecule has 0 aliphatic carbocycles. The summed E-state index contributed by atoms with van der Waals surface area (Å²) < 4.78 is 5.30. The molecule has 13 heavy (non-hydrogen) atoms. The highest BCUT2D eigenvalue weighted by Gasteiger charge is 1.96. The van der Waals surface area contributed by atoms with Gasteiger partial charge >= 0.3 is 0 Å². The van der Waals surface area contributed by atoms with Gasteiger partial charge in [0.1, 0.15) is 5.75 Å². The second-order valence-electron chi connectivity index (χ2n) is 2.88. The zero-order chi connectivity index (χ0) is 9.68. The Bertz CT molecular complexity index is 297. The molecule has 0 heterocycles. The first kappa shape index (κ1) is 9.58. The van der Waals surface area contributed by atoms with Crippen LogP contribution in [0.4, 0.5) is 0 Å². The summed E-state index contributed by atoms with van der Waals surface area (Å²) in [6.07, 6.45) is 0.258. The number of ether oxygens (including phenoxy) is 1. The molecule has 1 aromatic rings. The van der Waals surface area contributed by atoms with E-state index in [1.165, 1.54) is 0 Å². The van der Waals surface area contributed by atoms with Crippen LogP contribution in [0.5, 0.6) is 5.75 Å². The van der Waals surface area contributed by atoms with Crippen molar-refractivity contribution in [2.45, 2.75) is 13.3 Å². The van der Waals surface area contributed by atoms with Crippen LogP contribution < -0.4 is 10.5 Å². The monoisotopic (exact) mass is 179 g/mol. The average molecular weight is 179 g/mol. The summed E-state index contributed by atoms with van der Waals surface area (Å²) in [5, 5.41) is 0. The molecule has 0 atom stereocenters. The van der Waals surface area contributed by atoms with Gasteiger partial charge in [0.25, 0.3) is 0 Å². The lowest BCUT2D eigenvalue weighted by Crippen LogP contribution is -2.14. The molecule has 0 aliphatic rings. The molecule has 0 aromatic heterocycles. The summed E-state index contributed by atoms with van der Waals surface area (Å²) in [5.41, 5.74) is 6.10. The molecule has 0 saturated heterocycles. The van der Waals surface area contributed by atoms with Crippen molar-refractivity contribution in [3.8, 4) is 5.75 Å². The van der Waals surface area contributed by atoms with Crippen LogP contribution in [-0.4, -0.2) is 12.5 Å². The van der Waals surface area contributed by atoms with E-state index in [9.17, 15) is 4.79 Å². The van der Waals surface area contributed by atoms with Crippen LogP contribution in [0.3, 0.4) is 0 Å². The third-order valence-corrected chi connectivity index (χ3v) is 1.61. The fourth-order valence-corrected chi connectivity index (χ4v) is 0.975. The van der Waals surface area contributed by atoms with E-state index in [-0.39, 0.29) is 12.3 Å². The van der Waals surface area contributed by atoms with Crippen molar-refractivity contribution < 1.29 is 9.53 Å².